The molecule has 0 spiro atoms. The van der Waals surface area contributed by atoms with Gasteiger partial charge in [0.2, 0.25) is 0 Å². The summed E-state index contributed by atoms with van der Waals surface area (Å²) in [6.45, 7) is 3.44. The summed E-state index contributed by atoms with van der Waals surface area (Å²) < 4.78 is 10.5. The monoisotopic (exact) mass is 412 g/mol. The molecule has 0 bridgehead atoms. The van der Waals surface area contributed by atoms with Crippen LogP contribution in [0.1, 0.15) is 54.2 Å². The van der Waals surface area contributed by atoms with Gasteiger partial charge in [0, 0.05) is 6.07 Å². The van der Waals surface area contributed by atoms with Gasteiger partial charge in [-0.1, -0.05) is 24.3 Å². The van der Waals surface area contributed by atoms with E-state index in [2.05, 4.69) is 11.4 Å². The van der Waals surface area contributed by atoms with Crippen LogP contribution in [0.25, 0.3) is 0 Å². The first-order valence-corrected chi connectivity index (χ1v) is 9.91. The fourth-order valence-electron chi connectivity index (χ4n) is 3.54. The van der Waals surface area contributed by atoms with Crippen molar-refractivity contribution in [1.82, 2.24) is 5.32 Å². The molecule has 1 aliphatic rings. The summed E-state index contributed by atoms with van der Waals surface area (Å²) in [4.78, 5) is 35.6. The van der Waals surface area contributed by atoms with Gasteiger partial charge < -0.3 is 14.8 Å². The van der Waals surface area contributed by atoms with Crippen LogP contribution in [0.5, 0.6) is 5.75 Å². The van der Waals surface area contributed by atoms with Gasteiger partial charge in [-0.2, -0.15) is 0 Å². The van der Waals surface area contributed by atoms with Crippen LogP contribution in [0, 0.1) is 10.1 Å². The second-order valence-corrected chi connectivity index (χ2v) is 7.07. The minimum absolute atomic E-state index is 0.0205. The molecular formula is C22H24N2O6. The molecule has 0 aromatic heterocycles. The van der Waals surface area contributed by atoms with Crippen molar-refractivity contribution in [1.29, 1.82) is 0 Å². The lowest BCUT2D eigenvalue weighted by Crippen LogP contribution is -2.39. The molecule has 0 radical (unpaired) electrons. The van der Waals surface area contributed by atoms with E-state index >= 15 is 0 Å². The van der Waals surface area contributed by atoms with Crippen LogP contribution in [0.2, 0.25) is 0 Å². The second kappa shape index (κ2) is 9.39. The molecule has 2 aromatic carbocycles. The molecule has 2 aromatic rings. The summed E-state index contributed by atoms with van der Waals surface area (Å²) in [6.07, 6.45) is 1.71. The smallest absolute Gasteiger partial charge is 0.339 e. The summed E-state index contributed by atoms with van der Waals surface area (Å²) >= 11 is 0. The summed E-state index contributed by atoms with van der Waals surface area (Å²) in [5.41, 5.74) is 1.94. The Morgan fingerprint density at radius 3 is 2.77 bits per heavy atom. The molecule has 158 valence electrons. The number of rotatable bonds is 7. The fourth-order valence-corrected chi connectivity index (χ4v) is 3.54. The summed E-state index contributed by atoms with van der Waals surface area (Å²) in [7, 11) is 0. The summed E-state index contributed by atoms with van der Waals surface area (Å²) in [5, 5.41) is 14.2. The standard InChI is InChI=1S/C22H24N2O6/c1-3-29-20-12-11-16(13-19(20)24(27)28)22(26)30-14(2)21(25)23-18-10-6-8-15-7-4-5-9-17(15)18/h4-5,7,9,11-14,18H,3,6,8,10H2,1-2H3,(H,23,25)/t14-,18-/m1/s1. The van der Waals surface area contributed by atoms with Crippen LogP contribution in [-0.2, 0) is 16.0 Å². The van der Waals surface area contributed by atoms with Gasteiger partial charge in [0.1, 0.15) is 0 Å². The average Bonchev–Trinajstić information content (AvgIpc) is 2.74. The van der Waals surface area contributed by atoms with Crippen LogP contribution in [-0.4, -0.2) is 29.5 Å². The molecule has 2 atom stereocenters. The number of nitro groups is 1. The number of amides is 1. The molecule has 1 aliphatic carbocycles. The Morgan fingerprint density at radius 2 is 2.03 bits per heavy atom. The van der Waals surface area contributed by atoms with Crippen LogP contribution in [0.3, 0.4) is 0 Å². The van der Waals surface area contributed by atoms with E-state index in [0.29, 0.717) is 0 Å². The predicted molar refractivity (Wildman–Crippen MR) is 109 cm³/mol. The molecule has 0 saturated heterocycles. The number of nitrogens with zero attached hydrogens (tertiary/aromatic N) is 1. The first kappa shape index (κ1) is 21.3. The number of carbonyl (C=O) groups is 2. The van der Waals surface area contributed by atoms with Crippen LogP contribution >= 0.6 is 0 Å². The fraction of sp³-hybridized carbons (Fsp3) is 0.364. The van der Waals surface area contributed by atoms with Crippen LogP contribution in [0.15, 0.2) is 42.5 Å². The van der Waals surface area contributed by atoms with Crippen molar-refractivity contribution in [2.24, 2.45) is 0 Å². The van der Waals surface area contributed by atoms with Crippen molar-refractivity contribution in [2.75, 3.05) is 6.61 Å². The number of carbonyl (C=O) groups excluding carboxylic acids is 2. The van der Waals surface area contributed by atoms with Crippen molar-refractivity contribution in [3.05, 3.63) is 69.3 Å². The molecule has 1 amide bonds. The minimum atomic E-state index is -1.04. The van der Waals surface area contributed by atoms with Gasteiger partial charge in [-0.15, -0.1) is 0 Å². The van der Waals surface area contributed by atoms with Crippen molar-refractivity contribution in [2.45, 2.75) is 45.3 Å². The highest BCUT2D eigenvalue weighted by Gasteiger charge is 2.26. The lowest BCUT2D eigenvalue weighted by molar-refractivity contribution is -0.385. The maximum atomic E-state index is 12.6. The zero-order valence-electron chi connectivity index (χ0n) is 16.9. The average molecular weight is 412 g/mol. The van der Waals surface area contributed by atoms with E-state index in [-0.39, 0.29) is 29.6 Å². The Kier molecular flexibility index (Phi) is 6.66. The normalized spacial score (nSPS) is 16.1. The lowest BCUT2D eigenvalue weighted by atomic mass is 9.87. The number of esters is 1. The van der Waals surface area contributed by atoms with Gasteiger partial charge in [0.15, 0.2) is 11.9 Å². The number of ether oxygens (including phenoxy) is 2. The second-order valence-electron chi connectivity index (χ2n) is 7.07. The zero-order chi connectivity index (χ0) is 21.7. The maximum Gasteiger partial charge on any atom is 0.339 e. The van der Waals surface area contributed by atoms with Crippen molar-refractivity contribution in [3.8, 4) is 5.75 Å². The quantitative estimate of drug-likeness (QED) is 0.422. The molecule has 3 rings (SSSR count). The van der Waals surface area contributed by atoms with E-state index in [9.17, 15) is 19.7 Å². The van der Waals surface area contributed by atoms with E-state index in [1.807, 2.05) is 18.2 Å². The number of benzene rings is 2. The van der Waals surface area contributed by atoms with Gasteiger partial charge in [0.25, 0.3) is 5.91 Å². The topological polar surface area (TPSA) is 108 Å². The first-order valence-electron chi connectivity index (χ1n) is 9.91. The van der Waals surface area contributed by atoms with Gasteiger partial charge >= 0.3 is 11.7 Å². The van der Waals surface area contributed by atoms with E-state index in [0.717, 1.165) is 30.9 Å². The Balaban J connectivity index is 1.66. The molecule has 8 heteroatoms. The number of hydrogen-bond donors (Lipinski definition) is 1. The first-order chi connectivity index (χ1) is 14.4. The highest BCUT2D eigenvalue weighted by molar-refractivity contribution is 5.93. The molecule has 0 aliphatic heterocycles. The van der Waals surface area contributed by atoms with Crippen molar-refractivity contribution >= 4 is 17.6 Å². The van der Waals surface area contributed by atoms with Gasteiger partial charge in [-0.25, -0.2) is 4.79 Å². The van der Waals surface area contributed by atoms with Crippen LogP contribution < -0.4 is 10.1 Å². The maximum absolute atomic E-state index is 12.6. The number of fused-ring (bicyclic) bond motifs is 1. The highest BCUT2D eigenvalue weighted by atomic mass is 16.6. The Morgan fingerprint density at radius 1 is 1.27 bits per heavy atom. The number of nitro benzene ring substituents is 1. The van der Waals surface area contributed by atoms with E-state index in [4.69, 9.17) is 9.47 Å². The number of nitrogens with one attached hydrogen (secondary N) is 1. The molecule has 1 N–H and O–H groups in total. The summed E-state index contributed by atoms with van der Waals surface area (Å²) in [5.74, 6) is -1.15. The molecule has 8 nitrogen and oxygen atoms in total. The van der Waals surface area contributed by atoms with E-state index in [1.165, 1.54) is 24.6 Å². The Bertz CT molecular complexity index is 958. The van der Waals surface area contributed by atoms with Gasteiger partial charge in [0.05, 0.1) is 23.1 Å². The minimum Gasteiger partial charge on any atom is -0.487 e. The Hall–Kier alpha value is -3.42. The molecule has 0 unspecified atom stereocenters. The third-order valence-electron chi connectivity index (χ3n) is 5.03. The van der Waals surface area contributed by atoms with E-state index in [1.54, 1.807) is 6.92 Å². The van der Waals surface area contributed by atoms with Crippen LogP contribution in [0.4, 0.5) is 5.69 Å². The van der Waals surface area contributed by atoms with Crippen molar-refractivity contribution < 1.29 is 24.0 Å². The third kappa shape index (κ3) is 4.76. The number of hydrogen-bond acceptors (Lipinski definition) is 6. The van der Waals surface area contributed by atoms with E-state index < -0.39 is 22.9 Å². The molecule has 0 saturated carbocycles. The van der Waals surface area contributed by atoms with Gasteiger partial charge in [-0.3, -0.25) is 14.9 Å². The predicted octanol–water partition coefficient (Wildman–Crippen LogP) is 3.73. The zero-order valence-corrected chi connectivity index (χ0v) is 16.9. The molecule has 0 heterocycles. The molecule has 0 fully saturated rings. The largest absolute Gasteiger partial charge is 0.487 e. The molecular weight excluding hydrogens is 388 g/mol. The van der Waals surface area contributed by atoms with Crippen molar-refractivity contribution in [3.63, 3.8) is 0 Å². The third-order valence-corrected chi connectivity index (χ3v) is 5.03. The van der Waals surface area contributed by atoms with Gasteiger partial charge in [-0.05, 0) is 56.4 Å². The SMILES string of the molecule is CCOc1ccc(C(=O)O[C@H](C)C(=O)N[C@@H]2CCCc3ccccc32)cc1[N+](=O)[O-]. The lowest BCUT2D eigenvalue weighted by Gasteiger charge is -2.27. The molecule has 30 heavy (non-hydrogen) atoms. The summed E-state index contributed by atoms with van der Waals surface area (Å²) in [6, 6.07) is 11.6. The Labute approximate surface area is 174 Å². The number of aryl methyl sites for hydroxylation is 1. The highest BCUT2D eigenvalue weighted by Crippen LogP contribution is 2.30.